The zero-order valence-electron chi connectivity index (χ0n) is 17.2. The molecule has 166 valence electrons. The van der Waals surface area contributed by atoms with E-state index in [4.69, 9.17) is 21.1 Å². The van der Waals surface area contributed by atoms with Gasteiger partial charge in [0.1, 0.15) is 5.75 Å². The molecule has 10 heteroatoms. The Morgan fingerprint density at radius 1 is 1.13 bits per heavy atom. The number of rotatable bonds is 7. The average molecular weight is 467 g/mol. The fraction of sp³-hybridized carbons (Fsp3) is 0.333. The van der Waals surface area contributed by atoms with Gasteiger partial charge in [-0.15, -0.1) is 0 Å². The number of halogens is 1. The van der Waals surface area contributed by atoms with Gasteiger partial charge in [-0.3, -0.25) is 4.79 Å². The van der Waals surface area contributed by atoms with E-state index in [1.807, 2.05) is 0 Å². The number of esters is 1. The predicted octanol–water partition coefficient (Wildman–Crippen LogP) is 3.56. The molecule has 0 radical (unpaired) electrons. The van der Waals surface area contributed by atoms with Crippen molar-refractivity contribution < 1.29 is 27.5 Å². The maximum absolute atomic E-state index is 12.9. The molecule has 0 unspecified atom stereocenters. The molecule has 3 rings (SSSR count). The third-order valence-electron chi connectivity index (χ3n) is 4.85. The molecule has 0 aromatic heterocycles. The predicted molar refractivity (Wildman–Crippen MR) is 116 cm³/mol. The minimum atomic E-state index is -3.70. The lowest BCUT2D eigenvalue weighted by atomic mass is 10.1. The zero-order chi connectivity index (χ0) is 22.6. The lowest BCUT2D eigenvalue weighted by Crippen LogP contribution is -2.28. The number of hydrogen-bond acceptors (Lipinski definition) is 6. The van der Waals surface area contributed by atoms with Crippen molar-refractivity contribution in [1.29, 1.82) is 0 Å². The summed E-state index contributed by atoms with van der Waals surface area (Å²) in [5, 5.41) is 2.77. The van der Waals surface area contributed by atoms with Crippen molar-refractivity contribution >= 4 is 39.2 Å². The Bertz CT molecular complexity index is 1100. The molecule has 1 N–H and O–H groups in total. The highest BCUT2D eigenvalue weighted by Crippen LogP contribution is 2.29. The third-order valence-corrected chi connectivity index (χ3v) is 7.05. The van der Waals surface area contributed by atoms with E-state index in [-0.39, 0.29) is 39.1 Å². The van der Waals surface area contributed by atoms with Crippen LogP contribution >= 0.6 is 11.6 Å². The second kappa shape index (κ2) is 9.67. The molecule has 0 spiro atoms. The van der Waals surface area contributed by atoms with Gasteiger partial charge >= 0.3 is 5.97 Å². The largest absolute Gasteiger partial charge is 0.496 e. The van der Waals surface area contributed by atoms with Crippen LogP contribution in [0.5, 0.6) is 5.75 Å². The fourth-order valence-corrected chi connectivity index (χ4v) is 5.02. The van der Waals surface area contributed by atoms with Crippen molar-refractivity contribution in [2.75, 3.05) is 32.1 Å². The number of nitrogens with zero attached hydrogens (tertiary/aromatic N) is 1. The first kappa shape index (κ1) is 23.1. The second-order valence-electron chi connectivity index (χ2n) is 6.84. The molecular weight excluding hydrogens is 444 g/mol. The molecule has 1 amide bonds. The summed E-state index contributed by atoms with van der Waals surface area (Å²) < 4.78 is 37.3. The van der Waals surface area contributed by atoms with Crippen LogP contribution in [0.25, 0.3) is 0 Å². The molecule has 0 bridgehead atoms. The molecule has 2 aromatic carbocycles. The number of amides is 1. The van der Waals surface area contributed by atoms with E-state index in [0.717, 1.165) is 12.8 Å². The van der Waals surface area contributed by atoms with Gasteiger partial charge in [0.2, 0.25) is 10.0 Å². The number of anilines is 1. The third kappa shape index (κ3) is 5.00. The average Bonchev–Trinajstić information content (AvgIpc) is 3.30. The topological polar surface area (TPSA) is 102 Å². The number of sulfonamides is 1. The molecule has 8 nitrogen and oxygen atoms in total. The fourth-order valence-electron chi connectivity index (χ4n) is 3.25. The summed E-state index contributed by atoms with van der Waals surface area (Å²) in [6.45, 7) is 2.83. The van der Waals surface area contributed by atoms with Gasteiger partial charge in [0.15, 0.2) is 0 Å². The van der Waals surface area contributed by atoms with Crippen molar-refractivity contribution in [2.24, 2.45) is 0 Å². The molecule has 1 aliphatic heterocycles. The van der Waals surface area contributed by atoms with Crippen molar-refractivity contribution in [1.82, 2.24) is 4.31 Å². The highest BCUT2D eigenvalue weighted by molar-refractivity contribution is 7.89. The van der Waals surface area contributed by atoms with Crippen LogP contribution in [0.1, 0.15) is 40.5 Å². The van der Waals surface area contributed by atoms with Gasteiger partial charge in [-0.05, 0) is 56.2 Å². The molecule has 2 aromatic rings. The van der Waals surface area contributed by atoms with Gasteiger partial charge in [0.05, 0.1) is 40.4 Å². The summed E-state index contributed by atoms with van der Waals surface area (Å²) in [5.41, 5.74) is 0.559. The molecule has 0 aliphatic carbocycles. The molecule has 31 heavy (non-hydrogen) atoms. The Morgan fingerprint density at radius 3 is 2.45 bits per heavy atom. The van der Waals surface area contributed by atoms with Crippen LogP contribution in [-0.2, 0) is 14.8 Å². The highest BCUT2D eigenvalue weighted by Gasteiger charge is 2.28. The van der Waals surface area contributed by atoms with Crippen LogP contribution < -0.4 is 10.1 Å². The number of hydrogen-bond donors (Lipinski definition) is 1. The molecular formula is C21H23ClN2O6S. The lowest BCUT2D eigenvalue weighted by molar-refractivity contribution is 0.0526. The van der Waals surface area contributed by atoms with Crippen LogP contribution in [-0.4, -0.2) is 51.4 Å². The highest BCUT2D eigenvalue weighted by atomic mass is 35.5. The van der Waals surface area contributed by atoms with Gasteiger partial charge in [-0.2, -0.15) is 4.31 Å². The van der Waals surface area contributed by atoms with Gasteiger partial charge in [0.25, 0.3) is 5.91 Å². The van der Waals surface area contributed by atoms with Crippen LogP contribution in [0.4, 0.5) is 5.69 Å². The molecule has 1 aliphatic rings. The van der Waals surface area contributed by atoms with Crippen LogP contribution in [0, 0.1) is 0 Å². The minimum absolute atomic E-state index is 0.0177. The zero-order valence-corrected chi connectivity index (χ0v) is 18.8. The first-order chi connectivity index (χ1) is 14.8. The summed E-state index contributed by atoms with van der Waals surface area (Å²) in [4.78, 5) is 24.8. The first-order valence-corrected chi connectivity index (χ1v) is 11.6. The molecule has 0 atom stereocenters. The van der Waals surface area contributed by atoms with Crippen LogP contribution in [0.2, 0.25) is 5.02 Å². The number of carbonyl (C=O) groups is 2. The van der Waals surface area contributed by atoms with E-state index in [0.29, 0.717) is 13.1 Å². The Morgan fingerprint density at radius 2 is 1.84 bits per heavy atom. The lowest BCUT2D eigenvalue weighted by Gasteiger charge is -2.17. The summed E-state index contributed by atoms with van der Waals surface area (Å²) in [6, 6.07) is 8.51. The van der Waals surface area contributed by atoms with Gasteiger partial charge < -0.3 is 14.8 Å². The van der Waals surface area contributed by atoms with Crippen molar-refractivity contribution in [3.63, 3.8) is 0 Å². The maximum Gasteiger partial charge on any atom is 0.338 e. The smallest absolute Gasteiger partial charge is 0.338 e. The second-order valence-corrected chi connectivity index (χ2v) is 9.19. The summed E-state index contributed by atoms with van der Waals surface area (Å²) in [7, 11) is -2.31. The van der Waals surface area contributed by atoms with Gasteiger partial charge in [-0.25, -0.2) is 13.2 Å². The standard InChI is InChI=1S/C21H23ClN2O6S/c1-3-30-21(26)14-6-8-18(17(22)12-14)23-20(25)16-13-15(7-9-19(16)29-2)31(27,28)24-10-4-5-11-24/h6-9,12-13H,3-5,10-11H2,1-2H3,(H,23,25). The normalized spacial score (nSPS) is 14.3. The Kier molecular flexibility index (Phi) is 7.19. The molecule has 1 heterocycles. The van der Waals surface area contributed by atoms with Gasteiger partial charge in [0, 0.05) is 13.1 Å². The number of benzene rings is 2. The number of nitrogens with one attached hydrogen (secondary N) is 1. The Labute approximate surface area is 186 Å². The molecule has 1 fully saturated rings. The van der Waals surface area contributed by atoms with E-state index >= 15 is 0 Å². The number of carbonyl (C=O) groups excluding carboxylic acids is 2. The molecule has 0 saturated carbocycles. The number of ether oxygens (including phenoxy) is 2. The van der Waals surface area contributed by atoms with Crippen molar-refractivity contribution in [2.45, 2.75) is 24.7 Å². The van der Waals surface area contributed by atoms with E-state index in [1.165, 1.54) is 47.8 Å². The maximum atomic E-state index is 12.9. The quantitative estimate of drug-likeness (QED) is 0.626. The van der Waals surface area contributed by atoms with Crippen molar-refractivity contribution in [3.05, 3.63) is 52.5 Å². The SMILES string of the molecule is CCOC(=O)c1ccc(NC(=O)c2cc(S(=O)(=O)N3CCCC3)ccc2OC)c(Cl)c1. The first-order valence-electron chi connectivity index (χ1n) is 9.74. The van der Waals surface area contributed by atoms with E-state index < -0.39 is 21.9 Å². The van der Waals surface area contributed by atoms with Crippen molar-refractivity contribution in [3.8, 4) is 5.75 Å². The van der Waals surface area contributed by atoms with Gasteiger partial charge in [-0.1, -0.05) is 11.6 Å². The summed E-state index contributed by atoms with van der Waals surface area (Å²) >= 11 is 6.21. The van der Waals surface area contributed by atoms with Crippen LogP contribution in [0.15, 0.2) is 41.3 Å². The summed E-state index contributed by atoms with van der Waals surface area (Å²) in [5.74, 6) is -0.901. The monoisotopic (exact) mass is 466 g/mol. The summed E-state index contributed by atoms with van der Waals surface area (Å²) in [6.07, 6.45) is 1.62. The Hall–Kier alpha value is -2.62. The van der Waals surface area contributed by atoms with E-state index in [9.17, 15) is 18.0 Å². The van der Waals surface area contributed by atoms with E-state index in [1.54, 1.807) is 6.92 Å². The Balaban J connectivity index is 1.88. The van der Waals surface area contributed by atoms with Crippen LogP contribution in [0.3, 0.4) is 0 Å². The van der Waals surface area contributed by atoms with E-state index in [2.05, 4.69) is 5.32 Å². The number of methoxy groups -OCH3 is 1. The molecule has 1 saturated heterocycles. The minimum Gasteiger partial charge on any atom is -0.496 e.